The van der Waals surface area contributed by atoms with E-state index in [1.165, 1.54) is 0 Å². The predicted octanol–water partition coefficient (Wildman–Crippen LogP) is -1.13. The van der Waals surface area contributed by atoms with Gasteiger partial charge in [-0.25, -0.2) is 0 Å². The monoisotopic (exact) mass is 186 g/mol. The molecule has 74 valence electrons. The van der Waals surface area contributed by atoms with Crippen molar-refractivity contribution in [3.8, 4) is 0 Å². The van der Waals surface area contributed by atoms with E-state index in [4.69, 9.17) is 4.84 Å². The van der Waals surface area contributed by atoms with Crippen LogP contribution in [0.2, 0.25) is 0 Å². The van der Waals surface area contributed by atoms with Crippen LogP contribution in [0, 0.1) is 0 Å². The smallest absolute Gasteiger partial charge is 0.220 e. The minimum atomic E-state index is -0.378. The summed E-state index contributed by atoms with van der Waals surface area (Å²) >= 11 is 0. The van der Waals surface area contributed by atoms with E-state index in [2.05, 4.69) is 5.32 Å². The van der Waals surface area contributed by atoms with E-state index in [0.717, 1.165) is 6.42 Å². The summed E-state index contributed by atoms with van der Waals surface area (Å²) in [6.07, 6.45) is 1.10. The summed E-state index contributed by atoms with van der Waals surface area (Å²) in [6, 6.07) is 0.192. The van der Waals surface area contributed by atoms with Crippen molar-refractivity contribution in [3.05, 3.63) is 0 Å². The molecule has 2 heterocycles. The van der Waals surface area contributed by atoms with Gasteiger partial charge in [0.1, 0.15) is 0 Å². The van der Waals surface area contributed by atoms with Gasteiger partial charge in [0.15, 0.2) is 0 Å². The first-order valence-corrected chi connectivity index (χ1v) is 4.59. The molecule has 0 aromatic carbocycles. The zero-order chi connectivity index (χ0) is 9.26. The van der Waals surface area contributed by atoms with E-state index in [-0.39, 0.29) is 18.1 Å². The lowest BCUT2D eigenvalue weighted by atomic mass is 10.2. The van der Waals surface area contributed by atoms with Gasteiger partial charge in [-0.05, 0) is 6.42 Å². The number of aliphatic hydroxyl groups is 1. The second-order valence-corrected chi connectivity index (χ2v) is 3.60. The zero-order valence-electron chi connectivity index (χ0n) is 7.40. The Balaban J connectivity index is 1.75. The second-order valence-electron chi connectivity index (χ2n) is 3.60. The largest absolute Gasteiger partial charge is 0.389 e. The Labute approximate surface area is 76.6 Å². The Kier molecular flexibility index (Phi) is 2.48. The standard InChI is InChI=1S/C8H14N2O3/c11-7-4-10(13-5-7)3-6-1-2-8(12)9-6/h6-7,11H,1-5H2,(H,9,12)/t6?,7-/m1/s1. The van der Waals surface area contributed by atoms with Gasteiger partial charge in [0.05, 0.1) is 19.3 Å². The van der Waals surface area contributed by atoms with Crippen LogP contribution in [-0.4, -0.2) is 47.9 Å². The number of hydrogen-bond acceptors (Lipinski definition) is 4. The molecule has 2 saturated heterocycles. The number of hydroxylamine groups is 2. The zero-order valence-corrected chi connectivity index (χ0v) is 7.40. The van der Waals surface area contributed by atoms with Crippen LogP contribution in [0.3, 0.4) is 0 Å². The quantitative estimate of drug-likeness (QED) is 0.573. The summed E-state index contributed by atoms with van der Waals surface area (Å²) < 4.78 is 0. The number of carbonyl (C=O) groups excluding carboxylic acids is 1. The normalized spacial score (nSPS) is 35.3. The molecule has 0 aromatic heterocycles. The maximum atomic E-state index is 10.9. The highest BCUT2D eigenvalue weighted by atomic mass is 16.7. The molecule has 13 heavy (non-hydrogen) atoms. The molecule has 0 spiro atoms. The Hall–Kier alpha value is -0.650. The van der Waals surface area contributed by atoms with Crippen LogP contribution in [0.15, 0.2) is 0 Å². The van der Waals surface area contributed by atoms with Gasteiger partial charge >= 0.3 is 0 Å². The average molecular weight is 186 g/mol. The fourth-order valence-electron chi connectivity index (χ4n) is 1.72. The summed E-state index contributed by atoms with van der Waals surface area (Å²) in [6.45, 7) is 1.61. The number of nitrogens with one attached hydrogen (secondary N) is 1. The van der Waals surface area contributed by atoms with Gasteiger partial charge in [-0.1, -0.05) is 0 Å². The second kappa shape index (κ2) is 3.61. The first-order valence-electron chi connectivity index (χ1n) is 4.59. The molecule has 0 bridgehead atoms. The predicted molar refractivity (Wildman–Crippen MR) is 44.7 cm³/mol. The molecule has 1 unspecified atom stereocenters. The molecular formula is C8H14N2O3. The van der Waals surface area contributed by atoms with Crippen molar-refractivity contribution in [2.45, 2.75) is 25.0 Å². The Morgan fingerprint density at radius 3 is 3.08 bits per heavy atom. The summed E-state index contributed by atoms with van der Waals surface area (Å²) in [7, 11) is 0. The highest BCUT2D eigenvalue weighted by Crippen LogP contribution is 2.11. The molecule has 2 rings (SSSR count). The molecule has 2 N–H and O–H groups in total. The Morgan fingerprint density at radius 2 is 2.54 bits per heavy atom. The van der Waals surface area contributed by atoms with Gasteiger partial charge in [0.25, 0.3) is 0 Å². The van der Waals surface area contributed by atoms with Gasteiger partial charge in [-0.3, -0.25) is 9.63 Å². The third-order valence-corrected chi connectivity index (χ3v) is 2.37. The van der Waals surface area contributed by atoms with E-state index in [1.807, 2.05) is 0 Å². The Bertz CT molecular complexity index is 210. The van der Waals surface area contributed by atoms with Crippen molar-refractivity contribution in [2.24, 2.45) is 0 Å². The highest BCUT2D eigenvalue weighted by Gasteiger charge is 2.27. The maximum Gasteiger partial charge on any atom is 0.220 e. The lowest BCUT2D eigenvalue weighted by molar-refractivity contribution is -0.122. The van der Waals surface area contributed by atoms with Gasteiger partial charge in [-0.15, -0.1) is 0 Å². The molecular weight excluding hydrogens is 172 g/mol. The molecule has 5 heteroatoms. The van der Waals surface area contributed by atoms with Gasteiger partial charge in [0.2, 0.25) is 5.91 Å². The minimum absolute atomic E-state index is 0.116. The van der Waals surface area contributed by atoms with Crippen molar-refractivity contribution in [3.63, 3.8) is 0 Å². The SMILES string of the molecule is O=C1CCC(CN2C[C@@H](O)CO2)N1. The van der Waals surface area contributed by atoms with Gasteiger partial charge in [0, 0.05) is 19.0 Å². The lowest BCUT2D eigenvalue weighted by Gasteiger charge is -2.17. The average Bonchev–Trinajstić information content (AvgIpc) is 2.62. The van der Waals surface area contributed by atoms with Gasteiger partial charge in [-0.2, -0.15) is 5.06 Å². The first-order chi connectivity index (χ1) is 6.24. The van der Waals surface area contributed by atoms with E-state index in [1.54, 1.807) is 5.06 Å². The third-order valence-electron chi connectivity index (χ3n) is 2.37. The first kappa shape index (κ1) is 8.93. The van der Waals surface area contributed by atoms with Crippen LogP contribution < -0.4 is 5.32 Å². The fourth-order valence-corrected chi connectivity index (χ4v) is 1.72. The molecule has 0 saturated carbocycles. The van der Waals surface area contributed by atoms with Crippen LogP contribution in [0.25, 0.3) is 0 Å². The van der Waals surface area contributed by atoms with Crippen LogP contribution >= 0.6 is 0 Å². The number of carbonyl (C=O) groups is 1. The van der Waals surface area contributed by atoms with Gasteiger partial charge < -0.3 is 10.4 Å². The van der Waals surface area contributed by atoms with E-state index < -0.39 is 0 Å². The fraction of sp³-hybridized carbons (Fsp3) is 0.875. The number of aliphatic hydroxyl groups excluding tert-OH is 1. The molecule has 5 nitrogen and oxygen atoms in total. The number of hydrogen-bond donors (Lipinski definition) is 2. The number of amides is 1. The van der Waals surface area contributed by atoms with Crippen molar-refractivity contribution in [1.29, 1.82) is 0 Å². The summed E-state index contributed by atoms with van der Waals surface area (Å²) in [5.41, 5.74) is 0. The van der Waals surface area contributed by atoms with Crippen molar-refractivity contribution >= 4 is 5.91 Å². The van der Waals surface area contributed by atoms with Crippen LogP contribution in [0.4, 0.5) is 0 Å². The number of rotatable bonds is 2. The molecule has 1 amide bonds. The van der Waals surface area contributed by atoms with Crippen LogP contribution in [-0.2, 0) is 9.63 Å². The summed E-state index contributed by atoms with van der Waals surface area (Å²) in [5.74, 6) is 0.116. The highest BCUT2D eigenvalue weighted by molar-refractivity contribution is 5.78. The van der Waals surface area contributed by atoms with E-state index in [0.29, 0.717) is 26.1 Å². The molecule has 2 atom stereocenters. The van der Waals surface area contributed by atoms with Crippen molar-refractivity contribution in [1.82, 2.24) is 10.4 Å². The maximum absolute atomic E-state index is 10.9. The van der Waals surface area contributed by atoms with E-state index in [9.17, 15) is 9.90 Å². The molecule has 2 aliphatic heterocycles. The lowest BCUT2D eigenvalue weighted by Crippen LogP contribution is -2.37. The molecule has 2 aliphatic rings. The topological polar surface area (TPSA) is 61.8 Å². The Morgan fingerprint density at radius 1 is 1.69 bits per heavy atom. The number of nitrogens with zero attached hydrogens (tertiary/aromatic N) is 1. The minimum Gasteiger partial charge on any atom is -0.389 e. The summed E-state index contributed by atoms with van der Waals surface area (Å²) in [4.78, 5) is 16.1. The van der Waals surface area contributed by atoms with E-state index >= 15 is 0 Å². The van der Waals surface area contributed by atoms with Crippen molar-refractivity contribution < 1.29 is 14.7 Å². The van der Waals surface area contributed by atoms with Crippen LogP contribution in [0.5, 0.6) is 0 Å². The van der Waals surface area contributed by atoms with Crippen molar-refractivity contribution in [2.75, 3.05) is 19.7 Å². The third kappa shape index (κ3) is 2.18. The molecule has 0 radical (unpaired) electrons. The van der Waals surface area contributed by atoms with Crippen LogP contribution in [0.1, 0.15) is 12.8 Å². The molecule has 2 fully saturated rings. The molecule has 0 aromatic rings. The summed E-state index contributed by atoms with van der Waals surface area (Å²) in [5, 5.41) is 13.7. The number of β-amino-alcohol motifs (C(OH)–C–C–N with tert-alkyl or cyclic N) is 1. The molecule has 0 aliphatic carbocycles.